The Bertz CT molecular complexity index is 314. The second-order valence-electron chi connectivity index (χ2n) is 2.59. The van der Waals surface area contributed by atoms with Gasteiger partial charge in [0.1, 0.15) is 16.0 Å². The van der Waals surface area contributed by atoms with E-state index in [4.69, 9.17) is 14.6 Å². The molecule has 2 N–H and O–H groups in total. The summed E-state index contributed by atoms with van der Waals surface area (Å²) < 4.78 is 10.3. The molecule has 0 atom stereocenters. The molecule has 78 valence electrons. The van der Waals surface area contributed by atoms with E-state index in [1.54, 1.807) is 12.1 Å². The summed E-state index contributed by atoms with van der Waals surface area (Å²) in [5.74, 6) is 0.461. The average molecular weight is 263 g/mol. The van der Waals surface area contributed by atoms with Crippen LogP contribution in [0.15, 0.2) is 16.6 Å². The van der Waals surface area contributed by atoms with Crippen LogP contribution in [0, 0.1) is 0 Å². The summed E-state index contributed by atoms with van der Waals surface area (Å²) in [7, 11) is 1.51. The number of ether oxygens (including phenoxy) is 2. The van der Waals surface area contributed by atoms with Gasteiger partial charge in [-0.3, -0.25) is 0 Å². The van der Waals surface area contributed by atoms with Gasteiger partial charge in [-0.2, -0.15) is 0 Å². The number of benzene rings is 1. The van der Waals surface area contributed by atoms with Crippen molar-refractivity contribution in [2.45, 2.75) is 6.61 Å². The van der Waals surface area contributed by atoms with Gasteiger partial charge >= 0.3 is 0 Å². The molecule has 0 unspecified atom stereocenters. The lowest BCUT2D eigenvalue weighted by molar-refractivity contribution is 0.0504. The van der Waals surface area contributed by atoms with Gasteiger partial charge in [-0.25, -0.2) is 0 Å². The van der Waals surface area contributed by atoms with E-state index in [1.165, 1.54) is 7.11 Å². The molecule has 0 spiro atoms. The molecule has 0 amide bonds. The van der Waals surface area contributed by atoms with Crippen LogP contribution in [0.25, 0.3) is 0 Å². The van der Waals surface area contributed by atoms with Crippen LogP contribution in [0.5, 0.6) is 11.5 Å². The lowest BCUT2D eigenvalue weighted by Crippen LogP contribution is -2.00. The molecule has 4 nitrogen and oxygen atoms in total. The topological polar surface area (TPSA) is 58.9 Å². The number of aliphatic hydroxyl groups excluding tert-OH is 1. The first-order chi connectivity index (χ1) is 6.70. The van der Waals surface area contributed by atoms with Crippen molar-refractivity contribution in [3.8, 4) is 11.5 Å². The highest BCUT2D eigenvalue weighted by atomic mass is 79.9. The van der Waals surface area contributed by atoms with Crippen molar-refractivity contribution < 1.29 is 19.7 Å². The van der Waals surface area contributed by atoms with Gasteiger partial charge in [0.2, 0.25) is 0 Å². The highest BCUT2D eigenvalue weighted by Gasteiger charge is 2.10. The third kappa shape index (κ3) is 2.37. The highest BCUT2D eigenvalue weighted by Crippen LogP contribution is 2.36. The van der Waals surface area contributed by atoms with Crippen LogP contribution in [0.3, 0.4) is 0 Å². The summed E-state index contributed by atoms with van der Waals surface area (Å²) in [5, 5.41) is 18.4. The van der Waals surface area contributed by atoms with Gasteiger partial charge < -0.3 is 19.7 Å². The lowest BCUT2D eigenvalue weighted by Gasteiger charge is -2.10. The normalized spacial score (nSPS) is 10.2. The van der Waals surface area contributed by atoms with Crippen molar-refractivity contribution in [2.75, 3.05) is 13.9 Å². The second-order valence-corrected chi connectivity index (χ2v) is 3.39. The molecule has 1 aromatic carbocycles. The number of aliphatic hydroxyl groups is 1. The minimum Gasteiger partial charge on any atom is -0.506 e. The minimum absolute atomic E-state index is 0.0129. The molecule has 14 heavy (non-hydrogen) atoms. The monoisotopic (exact) mass is 262 g/mol. The largest absolute Gasteiger partial charge is 0.506 e. The third-order valence-electron chi connectivity index (χ3n) is 1.67. The van der Waals surface area contributed by atoms with Crippen molar-refractivity contribution in [3.63, 3.8) is 0 Å². The van der Waals surface area contributed by atoms with Gasteiger partial charge in [-0.1, -0.05) is 0 Å². The maximum atomic E-state index is 9.55. The van der Waals surface area contributed by atoms with E-state index in [1.807, 2.05) is 0 Å². The molecule has 0 radical (unpaired) electrons. The fourth-order valence-electron chi connectivity index (χ4n) is 0.948. The van der Waals surface area contributed by atoms with Crippen LogP contribution >= 0.6 is 15.9 Å². The Hall–Kier alpha value is -0.780. The number of hydrogen-bond acceptors (Lipinski definition) is 4. The first kappa shape index (κ1) is 11.3. The Morgan fingerprint density at radius 3 is 2.71 bits per heavy atom. The molecule has 0 heterocycles. The quantitative estimate of drug-likeness (QED) is 0.810. The van der Waals surface area contributed by atoms with E-state index < -0.39 is 0 Å². The van der Waals surface area contributed by atoms with Crippen LogP contribution in [0.2, 0.25) is 0 Å². The predicted octanol–water partition coefficient (Wildman–Crippen LogP) is 1.63. The molecule has 0 aliphatic heterocycles. The summed E-state index contributed by atoms with van der Waals surface area (Å²) in [6, 6.07) is 3.24. The zero-order valence-corrected chi connectivity index (χ0v) is 9.24. The summed E-state index contributed by atoms with van der Waals surface area (Å²) in [4.78, 5) is 0. The molecular formula is C9H11BrO4. The van der Waals surface area contributed by atoms with Crippen molar-refractivity contribution in [3.05, 3.63) is 22.2 Å². The Balaban J connectivity index is 2.92. The SMILES string of the molecule is COCOc1ccc(CO)c(O)c1Br. The second kappa shape index (κ2) is 5.19. The van der Waals surface area contributed by atoms with Gasteiger partial charge in [-0.15, -0.1) is 0 Å². The molecule has 0 saturated heterocycles. The van der Waals surface area contributed by atoms with E-state index in [0.717, 1.165) is 0 Å². The predicted molar refractivity (Wildman–Crippen MR) is 54.2 cm³/mol. The van der Waals surface area contributed by atoms with E-state index >= 15 is 0 Å². The number of rotatable bonds is 4. The maximum Gasteiger partial charge on any atom is 0.188 e. The number of phenols is 1. The Morgan fingerprint density at radius 1 is 1.43 bits per heavy atom. The van der Waals surface area contributed by atoms with Crippen molar-refractivity contribution >= 4 is 15.9 Å². The molecule has 1 rings (SSSR count). The van der Waals surface area contributed by atoms with Gasteiger partial charge in [0, 0.05) is 12.7 Å². The molecule has 0 fully saturated rings. The number of aromatic hydroxyl groups is 1. The highest BCUT2D eigenvalue weighted by molar-refractivity contribution is 9.10. The smallest absolute Gasteiger partial charge is 0.188 e. The first-order valence-electron chi connectivity index (χ1n) is 3.93. The summed E-state index contributed by atoms with van der Waals surface area (Å²) >= 11 is 3.16. The zero-order valence-electron chi connectivity index (χ0n) is 7.66. The Kier molecular flexibility index (Phi) is 4.19. The lowest BCUT2D eigenvalue weighted by atomic mass is 10.2. The maximum absolute atomic E-state index is 9.55. The zero-order chi connectivity index (χ0) is 10.6. The number of halogens is 1. The molecule has 1 aromatic rings. The van der Waals surface area contributed by atoms with Gasteiger partial charge in [-0.05, 0) is 28.1 Å². The number of hydrogen-bond donors (Lipinski definition) is 2. The summed E-state index contributed by atoms with van der Waals surface area (Å²) in [6.45, 7) is -0.106. The van der Waals surface area contributed by atoms with Crippen LogP contribution < -0.4 is 4.74 Å². The third-order valence-corrected chi connectivity index (χ3v) is 2.43. The molecule has 0 aliphatic rings. The van der Waals surface area contributed by atoms with E-state index in [9.17, 15) is 5.11 Å². The standard InChI is InChI=1S/C9H11BrO4/c1-13-5-14-7-3-2-6(4-11)9(12)8(7)10/h2-3,11-12H,4-5H2,1H3. The molecule has 5 heteroatoms. The minimum atomic E-state index is -0.213. The molecule has 0 aliphatic carbocycles. The van der Waals surface area contributed by atoms with Crippen LogP contribution in [-0.4, -0.2) is 24.1 Å². The van der Waals surface area contributed by atoms with Gasteiger partial charge in [0.05, 0.1) is 6.61 Å². The van der Waals surface area contributed by atoms with E-state index in [0.29, 0.717) is 15.8 Å². The fraction of sp³-hybridized carbons (Fsp3) is 0.333. The van der Waals surface area contributed by atoms with Crippen LogP contribution in [0.4, 0.5) is 0 Å². The van der Waals surface area contributed by atoms with Crippen LogP contribution in [0.1, 0.15) is 5.56 Å². The van der Waals surface area contributed by atoms with Gasteiger partial charge in [0.15, 0.2) is 6.79 Å². The fourth-order valence-corrected chi connectivity index (χ4v) is 1.45. The van der Waals surface area contributed by atoms with E-state index in [-0.39, 0.29) is 19.1 Å². The Labute approximate surface area is 90.2 Å². The molecule has 0 saturated carbocycles. The van der Waals surface area contributed by atoms with Crippen molar-refractivity contribution in [1.82, 2.24) is 0 Å². The molecule has 0 bridgehead atoms. The molecular weight excluding hydrogens is 252 g/mol. The first-order valence-corrected chi connectivity index (χ1v) is 4.73. The molecule has 0 aromatic heterocycles. The van der Waals surface area contributed by atoms with Crippen molar-refractivity contribution in [1.29, 1.82) is 0 Å². The van der Waals surface area contributed by atoms with Gasteiger partial charge in [0.25, 0.3) is 0 Å². The van der Waals surface area contributed by atoms with Crippen molar-refractivity contribution in [2.24, 2.45) is 0 Å². The van der Waals surface area contributed by atoms with E-state index in [2.05, 4.69) is 15.9 Å². The summed E-state index contributed by atoms with van der Waals surface area (Å²) in [6.07, 6.45) is 0. The summed E-state index contributed by atoms with van der Waals surface area (Å²) in [5.41, 5.74) is 0.446. The average Bonchev–Trinajstić information content (AvgIpc) is 2.20. The number of methoxy groups -OCH3 is 1. The Morgan fingerprint density at radius 2 is 2.14 bits per heavy atom. The van der Waals surface area contributed by atoms with Crippen LogP contribution in [-0.2, 0) is 11.3 Å².